The molecular weight excluding hydrogens is 357 g/mol. The number of fused-ring (bicyclic) bond motifs is 1. The lowest BCUT2D eigenvalue weighted by molar-refractivity contribution is 0.242. The molecule has 2 unspecified atom stereocenters. The molecular formula is C22H24FN3O2. The van der Waals surface area contributed by atoms with Gasteiger partial charge in [0.1, 0.15) is 5.82 Å². The SMILES string of the molecule is Cc1cc(CCC(NC(N)=O)C(C)c2c[nH]c(=O)c3ccccc23)ccc1F. The largest absolute Gasteiger partial charge is 0.352 e. The van der Waals surface area contributed by atoms with E-state index < -0.39 is 6.03 Å². The zero-order valence-corrected chi connectivity index (χ0v) is 16.0. The first kappa shape index (κ1) is 19.6. The lowest BCUT2D eigenvalue weighted by Crippen LogP contribution is -2.42. The minimum atomic E-state index is -0.596. The lowest BCUT2D eigenvalue weighted by atomic mass is 9.87. The van der Waals surface area contributed by atoms with Crippen LogP contribution in [-0.4, -0.2) is 17.1 Å². The summed E-state index contributed by atoms with van der Waals surface area (Å²) < 4.78 is 13.5. The van der Waals surface area contributed by atoms with Crippen molar-refractivity contribution in [1.82, 2.24) is 10.3 Å². The molecule has 2 atom stereocenters. The Morgan fingerprint density at radius 2 is 1.93 bits per heavy atom. The number of nitrogens with two attached hydrogens (primary N) is 1. The number of benzene rings is 2. The van der Waals surface area contributed by atoms with E-state index in [-0.39, 0.29) is 23.3 Å². The molecule has 0 aliphatic carbocycles. The summed E-state index contributed by atoms with van der Waals surface area (Å²) in [5.41, 5.74) is 7.78. The quantitative estimate of drug-likeness (QED) is 0.607. The Bertz CT molecular complexity index is 1060. The minimum Gasteiger partial charge on any atom is -0.352 e. The fourth-order valence-electron chi connectivity index (χ4n) is 3.64. The molecule has 6 heteroatoms. The Kier molecular flexibility index (Phi) is 5.78. The van der Waals surface area contributed by atoms with Gasteiger partial charge in [0.25, 0.3) is 5.56 Å². The highest BCUT2D eigenvalue weighted by Gasteiger charge is 2.22. The predicted molar refractivity (Wildman–Crippen MR) is 109 cm³/mol. The summed E-state index contributed by atoms with van der Waals surface area (Å²) in [6.07, 6.45) is 2.99. The summed E-state index contributed by atoms with van der Waals surface area (Å²) in [4.78, 5) is 26.5. The van der Waals surface area contributed by atoms with E-state index in [1.165, 1.54) is 6.07 Å². The Morgan fingerprint density at radius 1 is 1.21 bits per heavy atom. The Hall–Kier alpha value is -3.15. The second-order valence-electron chi connectivity index (χ2n) is 7.14. The maximum atomic E-state index is 13.5. The number of hydrogen-bond donors (Lipinski definition) is 3. The van der Waals surface area contributed by atoms with Crippen molar-refractivity contribution < 1.29 is 9.18 Å². The molecule has 1 aromatic heterocycles. The van der Waals surface area contributed by atoms with E-state index in [1.807, 2.05) is 31.2 Å². The molecule has 0 aliphatic rings. The molecule has 2 aromatic carbocycles. The van der Waals surface area contributed by atoms with E-state index in [4.69, 9.17) is 5.73 Å². The molecule has 0 aliphatic heterocycles. The zero-order chi connectivity index (χ0) is 20.3. The second kappa shape index (κ2) is 8.25. The molecule has 28 heavy (non-hydrogen) atoms. The van der Waals surface area contributed by atoms with Gasteiger partial charge in [-0.2, -0.15) is 0 Å². The summed E-state index contributed by atoms with van der Waals surface area (Å²) in [7, 11) is 0. The number of pyridine rings is 1. The molecule has 1 heterocycles. The van der Waals surface area contributed by atoms with Gasteiger partial charge in [-0.15, -0.1) is 0 Å². The lowest BCUT2D eigenvalue weighted by Gasteiger charge is -2.26. The summed E-state index contributed by atoms with van der Waals surface area (Å²) in [6.45, 7) is 3.73. The van der Waals surface area contributed by atoms with E-state index in [1.54, 1.807) is 25.3 Å². The first-order chi connectivity index (χ1) is 13.4. The number of aromatic amines is 1. The molecule has 0 spiro atoms. The van der Waals surface area contributed by atoms with Crippen LogP contribution in [0.15, 0.2) is 53.5 Å². The highest BCUT2D eigenvalue weighted by atomic mass is 19.1. The zero-order valence-electron chi connectivity index (χ0n) is 16.0. The van der Waals surface area contributed by atoms with E-state index in [0.717, 1.165) is 16.5 Å². The van der Waals surface area contributed by atoms with E-state index in [0.29, 0.717) is 23.8 Å². The van der Waals surface area contributed by atoms with Gasteiger partial charge in [0.2, 0.25) is 0 Å². The number of aromatic nitrogens is 1. The van der Waals surface area contributed by atoms with Crippen LogP contribution in [0.25, 0.3) is 10.8 Å². The Balaban J connectivity index is 1.89. The van der Waals surface area contributed by atoms with Crippen molar-refractivity contribution in [3.05, 3.63) is 81.5 Å². The third-order valence-electron chi connectivity index (χ3n) is 5.23. The highest BCUT2D eigenvalue weighted by molar-refractivity contribution is 5.85. The summed E-state index contributed by atoms with van der Waals surface area (Å²) in [5, 5.41) is 4.29. The maximum Gasteiger partial charge on any atom is 0.312 e. The Labute approximate surface area is 162 Å². The van der Waals surface area contributed by atoms with Crippen LogP contribution >= 0.6 is 0 Å². The standard InChI is InChI=1S/C22H24FN3O2/c1-13-11-15(7-9-19(13)23)8-10-20(26-22(24)28)14(2)18-12-25-21(27)17-6-4-3-5-16(17)18/h3-7,9,11-12,14,20H,8,10H2,1-2H3,(H,25,27)(H3,24,26,28). The molecule has 146 valence electrons. The van der Waals surface area contributed by atoms with Crippen LogP contribution < -0.4 is 16.6 Å². The molecule has 0 radical (unpaired) electrons. The number of carbonyl (C=O) groups is 1. The van der Waals surface area contributed by atoms with Crippen LogP contribution in [0.4, 0.5) is 9.18 Å². The second-order valence-corrected chi connectivity index (χ2v) is 7.14. The van der Waals surface area contributed by atoms with Gasteiger partial charge in [0, 0.05) is 23.5 Å². The summed E-state index contributed by atoms with van der Waals surface area (Å²) in [6, 6.07) is 11.6. The van der Waals surface area contributed by atoms with Gasteiger partial charge in [-0.1, -0.05) is 37.3 Å². The molecule has 2 amide bonds. The van der Waals surface area contributed by atoms with Crippen molar-refractivity contribution in [2.45, 2.75) is 38.6 Å². The molecule has 0 fully saturated rings. The number of H-pyrrole nitrogens is 1. The molecule has 3 rings (SSSR count). The molecule has 5 nitrogen and oxygen atoms in total. The topological polar surface area (TPSA) is 88.0 Å². The van der Waals surface area contributed by atoms with Crippen LogP contribution in [0.1, 0.15) is 36.0 Å². The average Bonchev–Trinajstić information content (AvgIpc) is 2.67. The average molecular weight is 381 g/mol. The molecule has 0 bridgehead atoms. The first-order valence-corrected chi connectivity index (χ1v) is 9.28. The number of hydrogen-bond acceptors (Lipinski definition) is 2. The van der Waals surface area contributed by atoms with Crippen molar-refractivity contribution in [2.75, 3.05) is 0 Å². The van der Waals surface area contributed by atoms with Crippen LogP contribution in [0.3, 0.4) is 0 Å². The van der Waals surface area contributed by atoms with Crippen molar-refractivity contribution in [1.29, 1.82) is 0 Å². The smallest absolute Gasteiger partial charge is 0.312 e. The maximum absolute atomic E-state index is 13.5. The molecule has 0 saturated carbocycles. The van der Waals surface area contributed by atoms with Gasteiger partial charge >= 0.3 is 6.03 Å². The van der Waals surface area contributed by atoms with Crippen molar-refractivity contribution in [3.63, 3.8) is 0 Å². The number of urea groups is 1. The fourth-order valence-corrected chi connectivity index (χ4v) is 3.64. The van der Waals surface area contributed by atoms with Crippen LogP contribution in [0.2, 0.25) is 0 Å². The highest BCUT2D eigenvalue weighted by Crippen LogP contribution is 2.27. The number of rotatable bonds is 6. The molecule has 0 saturated heterocycles. The number of amides is 2. The number of aryl methyl sites for hydroxylation is 2. The van der Waals surface area contributed by atoms with E-state index in [9.17, 15) is 14.0 Å². The number of nitrogens with one attached hydrogen (secondary N) is 2. The van der Waals surface area contributed by atoms with Gasteiger partial charge in [-0.3, -0.25) is 4.79 Å². The van der Waals surface area contributed by atoms with E-state index >= 15 is 0 Å². The van der Waals surface area contributed by atoms with Gasteiger partial charge in [0.15, 0.2) is 0 Å². The van der Waals surface area contributed by atoms with Gasteiger partial charge in [-0.05, 0) is 54.0 Å². The minimum absolute atomic E-state index is 0.0872. The first-order valence-electron chi connectivity index (χ1n) is 9.28. The van der Waals surface area contributed by atoms with Crippen molar-refractivity contribution in [2.24, 2.45) is 5.73 Å². The normalized spacial score (nSPS) is 13.2. The summed E-state index contributed by atoms with van der Waals surface area (Å²) in [5.74, 6) is -0.320. The number of carbonyl (C=O) groups excluding carboxylic acids is 1. The van der Waals surface area contributed by atoms with Crippen molar-refractivity contribution >= 4 is 16.8 Å². The molecule has 4 N–H and O–H groups in total. The van der Waals surface area contributed by atoms with Crippen LogP contribution in [-0.2, 0) is 6.42 Å². The predicted octanol–water partition coefficient (Wildman–Crippen LogP) is 3.75. The van der Waals surface area contributed by atoms with Crippen LogP contribution in [0, 0.1) is 12.7 Å². The number of primary amides is 1. The summed E-state index contributed by atoms with van der Waals surface area (Å²) >= 11 is 0. The third kappa shape index (κ3) is 4.22. The van der Waals surface area contributed by atoms with Gasteiger partial charge in [0.05, 0.1) is 0 Å². The third-order valence-corrected chi connectivity index (χ3v) is 5.23. The van der Waals surface area contributed by atoms with E-state index in [2.05, 4.69) is 10.3 Å². The van der Waals surface area contributed by atoms with Gasteiger partial charge < -0.3 is 16.0 Å². The number of halogens is 1. The monoisotopic (exact) mass is 381 g/mol. The van der Waals surface area contributed by atoms with Crippen molar-refractivity contribution in [3.8, 4) is 0 Å². The molecule has 3 aromatic rings. The van der Waals surface area contributed by atoms with Crippen LogP contribution in [0.5, 0.6) is 0 Å². The fraction of sp³-hybridized carbons (Fsp3) is 0.273. The Morgan fingerprint density at radius 3 is 2.61 bits per heavy atom. The van der Waals surface area contributed by atoms with Gasteiger partial charge in [-0.25, -0.2) is 9.18 Å².